The molecule has 9 heteroatoms. The van der Waals surface area contributed by atoms with Gasteiger partial charge >= 0.3 is 5.97 Å². The molecule has 1 aromatic rings. The lowest BCUT2D eigenvalue weighted by Gasteiger charge is -2.35. The zero-order valence-corrected chi connectivity index (χ0v) is 11.9. The molecule has 1 atom stereocenters. The fourth-order valence-corrected chi connectivity index (χ4v) is 3.66. The standard InChI is InChI=1S/C11H17N3O5S/c1-14-6-9(12-8-14)20(17,18)13-11(5-10(15)16)3-2-4-19-7-11/h6,8,13H,2-5,7H2,1H3,(H,15,16). The summed E-state index contributed by atoms with van der Waals surface area (Å²) in [5.41, 5.74) is -1.11. The van der Waals surface area contributed by atoms with E-state index in [1.165, 1.54) is 17.1 Å². The topological polar surface area (TPSA) is 111 Å². The number of sulfonamides is 1. The molecule has 20 heavy (non-hydrogen) atoms. The predicted molar refractivity (Wildman–Crippen MR) is 68.6 cm³/mol. The van der Waals surface area contributed by atoms with Gasteiger partial charge in [0.25, 0.3) is 10.0 Å². The minimum Gasteiger partial charge on any atom is -0.481 e. The van der Waals surface area contributed by atoms with Crippen LogP contribution in [0.1, 0.15) is 19.3 Å². The van der Waals surface area contributed by atoms with E-state index in [0.717, 1.165) is 0 Å². The Labute approximate surface area is 116 Å². The van der Waals surface area contributed by atoms with Crippen molar-refractivity contribution < 1.29 is 23.1 Å². The van der Waals surface area contributed by atoms with E-state index < -0.39 is 21.5 Å². The highest BCUT2D eigenvalue weighted by molar-refractivity contribution is 7.89. The Morgan fingerprint density at radius 1 is 1.65 bits per heavy atom. The van der Waals surface area contributed by atoms with Gasteiger partial charge in [-0.2, -0.15) is 0 Å². The Hall–Kier alpha value is -1.45. The summed E-state index contributed by atoms with van der Waals surface area (Å²) in [4.78, 5) is 14.8. The van der Waals surface area contributed by atoms with E-state index in [0.29, 0.717) is 19.4 Å². The fraction of sp³-hybridized carbons (Fsp3) is 0.636. The van der Waals surface area contributed by atoms with Crippen LogP contribution in [0.25, 0.3) is 0 Å². The zero-order chi connectivity index (χ0) is 14.8. The normalized spacial score (nSPS) is 23.6. The van der Waals surface area contributed by atoms with Gasteiger partial charge in [-0.05, 0) is 12.8 Å². The largest absolute Gasteiger partial charge is 0.481 e. The molecule has 1 saturated heterocycles. The van der Waals surface area contributed by atoms with Crippen molar-refractivity contribution in [1.29, 1.82) is 0 Å². The highest BCUT2D eigenvalue weighted by atomic mass is 32.2. The average Bonchev–Trinajstić information content (AvgIpc) is 2.76. The number of carboxylic acids is 1. The maximum Gasteiger partial charge on any atom is 0.305 e. The van der Waals surface area contributed by atoms with Gasteiger partial charge in [-0.1, -0.05) is 0 Å². The third-order valence-electron chi connectivity index (χ3n) is 3.12. The molecule has 0 saturated carbocycles. The van der Waals surface area contributed by atoms with E-state index in [9.17, 15) is 13.2 Å². The molecule has 0 radical (unpaired) electrons. The number of nitrogens with one attached hydrogen (secondary N) is 1. The van der Waals surface area contributed by atoms with Crippen molar-refractivity contribution in [2.45, 2.75) is 29.8 Å². The number of imidazole rings is 1. The van der Waals surface area contributed by atoms with Crippen molar-refractivity contribution >= 4 is 16.0 Å². The molecule has 1 unspecified atom stereocenters. The molecule has 0 amide bonds. The molecule has 2 heterocycles. The van der Waals surface area contributed by atoms with E-state index in [1.807, 2.05) is 0 Å². The van der Waals surface area contributed by atoms with Gasteiger partial charge in [0, 0.05) is 19.9 Å². The van der Waals surface area contributed by atoms with Crippen molar-refractivity contribution in [3.05, 3.63) is 12.5 Å². The van der Waals surface area contributed by atoms with Gasteiger partial charge in [0.2, 0.25) is 0 Å². The van der Waals surface area contributed by atoms with Crippen LogP contribution in [0.3, 0.4) is 0 Å². The number of rotatable bonds is 5. The summed E-state index contributed by atoms with van der Waals surface area (Å²) in [6.45, 7) is 0.554. The van der Waals surface area contributed by atoms with Crippen LogP contribution in [-0.4, -0.2) is 47.8 Å². The van der Waals surface area contributed by atoms with E-state index >= 15 is 0 Å². The van der Waals surface area contributed by atoms with Crippen LogP contribution >= 0.6 is 0 Å². The van der Waals surface area contributed by atoms with Gasteiger partial charge in [0.1, 0.15) is 0 Å². The molecule has 0 bridgehead atoms. The third kappa shape index (κ3) is 3.35. The maximum absolute atomic E-state index is 12.3. The first-order chi connectivity index (χ1) is 9.33. The molecule has 2 rings (SSSR count). The number of aryl methyl sites for hydroxylation is 1. The second-order valence-corrected chi connectivity index (χ2v) is 6.62. The fourth-order valence-electron chi connectivity index (χ4n) is 2.26. The summed E-state index contributed by atoms with van der Waals surface area (Å²) < 4.78 is 33.8. The molecule has 0 spiro atoms. The molecule has 2 N–H and O–H groups in total. The van der Waals surface area contributed by atoms with Crippen LogP contribution in [0.15, 0.2) is 17.6 Å². The summed E-state index contributed by atoms with van der Waals surface area (Å²) in [7, 11) is -2.21. The summed E-state index contributed by atoms with van der Waals surface area (Å²) in [5, 5.41) is 8.86. The maximum atomic E-state index is 12.3. The number of carboxylic acid groups (broad SMARTS) is 1. The number of nitrogens with zero attached hydrogens (tertiary/aromatic N) is 2. The molecule has 0 aromatic carbocycles. The Morgan fingerprint density at radius 3 is 2.90 bits per heavy atom. The van der Waals surface area contributed by atoms with Gasteiger partial charge in [-0.25, -0.2) is 18.1 Å². The Bertz CT molecular complexity index is 589. The molecule has 0 aliphatic carbocycles. The number of ether oxygens (including phenoxy) is 1. The van der Waals surface area contributed by atoms with Gasteiger partial charge in [0.05, 0.1) is 24.9 Å². The van der Waals surface area contributed by atoms with Crippen LogP contribution in [0.2, 0.25) is 0 Å². The molecule has 8 nitrogen and oxygen atoms in total. The lowest BCUT2D eigenvalue weighted by atomic mass is 9.90. The summed E-state index contributed by atoms with van der Waals surface area (Å²) >= 11 is 0. The number of hydrogen-bond donors (Lipinski definition) is 2. The molecule has 1 aliphatic heterocycles. The number of carbonyl (C=O) groups is 1. The quantitative estimate of drug-likeness (QED) is 0.774. The molecular weight excluding hydrogens is 286 g/mol. The molecular formula is C11H17N3O5S. The van der Waals surface area contributed by atoms with E-state index in [2.05, 4.69) is 9.71 Å². The van der Waals surface area contributed by atoms with Crippen molar-refractivity contribution in [3.63, 3.8) is 0 Å². The number of aliphatic carboxylic acids is 1. The van der Waals surface area contributed by atoms with Crippen molar-refractivity contribution in [2.75, 3.05) is 13.2 Å². The van der Waals surface area contributed by atoms with Crippen LogP contribution < -0.4 is 4.72 Å². The first kappa shape index (κ1) is 14.9. The minimum atomic E-state index is -3.87. The van der Waals surface area contributed by atoms with Gasteiger partial charge in [0.15, 0.2) is 5.03 Å². The van der Waals surface area contributed by atoms with E-state index in [4.69, 9.17) is 9.84 Å². The Balaban J connectivity index is 2.25. The van der Waals surface area contributed by atoms with Gasteiger partial charge in [-0.15, -0.1) is 0 Å². The Kier molecular flexibility index (Phi) is 4.11. The number of aromatic nitrogens is 2. The lowest BCUT2D eigenvalue weighted by Crippen LogP contribution is -2.55. The second kappa shape index (κ2) is 5.51. The summed E-state index contributed by atoms with van der Waals surface area (Å²) in [6, 6.07) is 0. The van der Waals surface area contributed by atoms with E-state index in [-0.39, 0.29) is 18.1 Å². The smallest absolute Gasteiger partial charge is 0.305 e. The van der Waals surface area contributed by atoms with Crippen LogP contribution in [-0.2, 0) is 26.6 Å². The first-order valence-corrected chi connectivity index (χ1v) is 7.63. The second-order valence-electron chi connectivity index (χ2n) is 4.99. The SMILES string of the molecule is Cn1cnc(S(=O)(=O)NC2(CC(=O)O)CCCOC2)c1. The van der Waals surface area contributed by atoms with Crippen LogP contribution in [0.5, 0.6) is 0 Å². The average molecular weight is 303 g/mol. The van der Waals surface area contributed by atoms with Gasteiger partial charge in [-0.3, -0.25) is 4.79 Å². The van der Waals surface area contributed by atoms with Gasteiger partial charge < -0.3 is 14.4 Å². The predicted octanol–water partition coefficient (Wildman–Crippen LogP) is -0.278. The van der Waals surface area contributed by atoms with Crippen molar-refractivity contribution in [1.82, 2.24) is 14.3 Å². The van der Waals surface area contributed by atoms with Crippen molar-refractivity contribution in [2.24, 2.45) is 7.05 Å². The first-order valence-electron chi connectivity index (χ1n) is 6.14. The highest BCUT2D eigenvalue weighted by Crippen LogP contribution is 2.25. The zero-order valence-electron chi connectivity index (χ0n) is 11.1. The van der Waals surface area contributed by atoms with Crippen LogP contribution in [0.4, 0.5) is 0 Å². The van der Waals surface area contributed by atoms with E-state index in [1.54, 1.807) is 7.05 Å². The molecule has 1 aliphatic rings. The third-order valence-corrected chi connectivity index (χ3v) is 4.58. The van der Waals surface area contributed by atoms with Crippen molar-refractivity contribution in [3.8, 4) is 0 Å². The Morgan fingerprint density at radius 2 is 2.40 bits per heavy atom. The lowest BCUT2D eigenvalue weighted by molar-refractivity contribution is -0.140. The highest BCUT2D eigenvalue weighted by Gasteiger charge is 2.39. The summed E-state index contributed by atoms with van der Waals surface area (Å²) in [6.07, 6.45) is 3.44. The molecule has 112 valence electrons. The number of hydrogen-bond acceptors (Lipinski definition) is 5. The monoisotopic (exact) mass is 303 g/mol. The molecule has 1 fully saturated rings. The van der Waals surface area contributed by atoms with Crippen LogP contribution in [0, 0.1) is 0 Å². The minimum absolute atomic E-state index is 0.0470. The summed E-state index contributed by atoms with van der Waals surface area (Å²) in [5.74, 6) is -1.07. The molecule has 1 aromatic heterocycles.